The van der Waals surface area contributed by atoms with Crippen molar-refractivity contribution in [1.82, 2.24) is 15.5 Å². The van der Waals surface area contributed by atoms with E-state index in [9.17, 15) is 9.59 Å². The molecule has 0 radical (unpaired) electrons. The van der Waals surface area contributed by atoms with Gasteiger partial charge < -0.3 is 10.4 Å². The number of carboxylic acids is 1. The molecule has 0 spiro atoms. The van der Waals surface area contributed by atoms with Crippen LogP contribution >= 0.6 is 0 Å². The van der Waals surface area contributed by atoms with Gasteiger partial charge in [0.2, 0.25) is 5.91 Å². The van der Waals surface area contributed by atoms with Crippen molar-refractivity contribution in [3.05, 3.63) is 18.0 Å². The maximum absolute atomic E-state index is 11.7. The van der Waals surface area contributed by atoms with E-state index >= 15 is 0 Å². The average molecular weight is 239 g/mol. The molecule has 1 rings (SSSR count). The number of aromatic amines is 1. The Balaban J connectivity index is 2.49. The molecule has 1 aromatic heterocycles. The molecular formula is C11H17N3O3. The van der Waals surface area contributed by atoms with Crippen molar-refractivity contribution in [3.63, 3.8) is 0 Å². The largest absolute Gasteiger partial charge is 0.481 e. The second-order valence-electron chi connectivity index (χ2n) is 4.27. The number of carboxylic acid groups (broad SMARTS) is 1. The van der Waals surface area contributed by atoms with Crippen molar-refractivity contribution in [2.24, 2.45) is 5.92 Å². The van der Waals surface area contributed by atoms with Gasteiger partial charge in [0.05, 0.1) is 12.8 Å². The molecule has 94 valence electrons. The van der Waals surface area contributed by atoms with Crippen molar-refractivity contribution < 1.29 is 14.7 Å². The molecule has 0 fully saturated rings. The van der Waals surface area contributed by atoms with E-state index in [1.165, 1.54) is 0 Å². The number of carbonyl (C=O) groups is 2. The van der Waals surface area contributed by atoms with E-state index in [0.29, 0.717) is 5.69 Å². The van der Waals surface area contributed by atoms with Crippen LogP contribution in [0.2, 0.25) is 0 Å². The van der Waals surface area contributed by atoms with Crippen molar-refractivity contribution in [2.75, 3.05) is 0 Å². The van der Waals surface area contributed by atoms with E-state index in [1.54, 1.807) is 12.3 Å². The fraction of sp³-hybridized carbons (Fsp3) is 0.545. The summed E-state index contributed by atoms with van der Waals surface area (Å²) in [5, 5.41) is 17.9. The minimum absolute atomic E-state index is 0.0631. The molecular weight excluding hydrogens is 222 g/mol. The summed E-state index contributed by atoms with van der Waals surface area (Å²) in [5.41, 5.74) is 0.709. The first-order valence-electron chi connectivity index (χ1n) is 5.48. The Bertz CT molecular complexity index is 373. The number of aliphatic carboxylic acids is 1. The summed E-state index contributed by atoms with van der Waals surface area (Å²) < 4.78 is 0. The number of amides is 1. The molecule has 0 aliphatic carbocycles. The Labute approximate surface area is 99.4 Å². The number of hydrogen-bond donors (Lipinski definition) is 3. The molecule has 17 heavy (non-hydrogen) atoms. The van der Waals surface area contributed by atoms with E-state index < -0.39 is 5.97 Å². The van der Waals surface area contributed by atoms with E-state index in [1.807, 2.05) is 13.8 Å². The van der Waals surface area contributed by atoms with Gasteiger partial charge in [0.25, 0.3) is 0 Å². The first-order valence-corrected chi connectivity index (χ1v) is 5.48. The third kappa shape index (κ3) is 4.67. The predicted octanol–water partition coefficient (Wildman–Crippen LogP) is 0.568. The van der Waals surface area contributed by atoms with Crippen molar-refractivity contribution in [1.29, 1.82) is 0 Å². The third-order valence-electron chi connectivity index (χ3n) is 2.46. The lowest BCUT2D eigenvalue weighted by Crippen LogP contribution is -2.40. The minimum atomic E-state index is -0.912. The van der Waals surface area contributed by atoms with E-state index in [2.05, 4.69) is 15.5 Å². The van der Waals surface area contributed by atoms with Crippen LogP contribution in [0.5, 0.6) is 0 Å². The van der Waals surface area contributed by atoms with Crippen molar-refractivity contribution in [2.45, 2.75) is 32.7 Å². The highest BCUT2D eigenvalue weighted by Gasteiger charge is 2.19. The first kappa shape index (κ1) is 13.2. The van der Waals surface area contributed by atoms with Crippen LogP contribution in [0.1, 0.15) is 26.0 Å². The molecule has 6 nitrogen and oxygen atoms in total. The first-order chi connectivity index (χ1) is 7.99. The van der Waals surface area contributed by atoms with E-state index in [-0.39, 0.29) is 30.7 Å². The molecule has 0 aliphatic rings. The number of rotatable bonds is 6. The third-order valence-corrected chi connectivity index (χ3v) is 2.46. The monoisotopic (exact) mass is 239 g/mol. The Morgan fingerprint density at radius 1 is 1.53 bits per heavy atom. The van der Waals surface area contributed by atoms with Crippen LogP contribution < -0.4 is 5.32 Å². The molecule has 0 bridgehead atoms. The number of carbonyl (C=O) groups excluding carboxylic acids is 1. The average Bonchev–Trinajstić information content (AvgIpc) is 2.68. The quantitative estimate of drug-likeness (QED) is 0.676. The van der Waals surface area contributed by atoms with Crippen LogP contribution in [0.4, 0.5) is 0 Å². The van der Waals surface area contributed by atoms with Crippen molar-refractivity contribution >= 4 is 11.9 Å². The zero-order chi connectivity index (χ0) is 12.8. The Kier molecular flexibility index (Phi) is 4.68. The zero-order valence-corrected chi connectivity index (χ0v) is 9.93. The van der Waals surface area contributed by atoms with Crippen LogP contribution in [0.15, 0.2) is 12.3 Å². The Morgan fingerprint density at radius 2 is 2.24 bits per heavy atom. The molecule has 1 atom stereocenters. The molecule has 1 unspecified atom stereocenters. The number of hydrogen-bond acceptors (Lipinski definition) is 3. The Morgan fingerprint density at radius 3 is 2.71 bits per heavy atom. The molecule has 3 N–H and O–H groups in total. The summed E-state index contributed by atoms with van der Waals surface area (Å²) in [6.07, 6.45) is 1.69. The summed E-state index contributed by atoms with van der Waals surface area (Å²) >= 11 is 0. The van der Waals surface area contributed by atoms with Crippen LogP contribution in [0, 0.1) is 5.92 Å². The molecule has 1 heterocycles. The molecule has 0 saturated carbocycles. The van der Waals surface area contributed by atoms with Crippen LogP contribution in [-0.2, 0) is 16.0 Å². The summed E-state index contributed by atoms with van der Waals surface area (Å²) in [4.78, 5) is 22.3. The van der Waals surface area contributed by atoms with Crippen LogP contribution in [0.3, 0.4) is 0 Å². The van der Waals surface area contributed by atoms with Gasteiger partial charge in [-0.1, -0.05) is 13.8 Å². The summed E-state index contributed by atoms with van der Waals surface area (Å²) in [5.74, 6) is -1.03. The summed E-state index contributed by atoms with van der Waals surface area (Å²) in [7, 11) is 0. The van der Waals surface area contributed by atoms with Gasteiger partial charge in [-0.05, 0) is 12.0 Å². The number of aromatic nitrogens is 2. The number of nitrogens with one attached hydrogen (secondary N) is 2. The van der Waals surface area contributed by atoms with Crippen LogP contribution in [0.25, 0.3) is 0 Å². The highest BCUT2D eigenvalue weighted by Crippen LogP contribution is 2.06. The Hall–Kier alpha value is -1.85. The second kappa shape index (κ2) is 6.03. The lowest BCUT2D eigenvalue weighted by atomic mass is 10.0. The van der Waals surface area contributed by atoms with Gasteiger partial charge in [-0.2, -0.15) is 5.10 Å². The standard InChI is InChI=1S/C11H17N3O3/c1-7(2)9(6-11(16)17)13-10(15)5-8-3-4-12-14-8/h3-4,7,9H,5-6H2,1-2H3,(H,12,14)(H,13,15)(H,16,17). The van der Waals surface area contributed by atoms with Gasteiger partial charge in [0.15, 0.2) is 0 Å². The highest BCUT2D eigenvalue weighted by atomic mass is 16.4. The molecule has 1 amide bonds. The smallest absolute Gasteiger partial charge is 0.305 e. The van der Waals surface area contributed by atoms with Gasteiger partial charge in [-0.15, -0.1) is 0 Å². The van der Waals surface area contributed by atoms with Gasteiger partial charge in [0.1, 0.15) is 0 Å². The van der Waals surface area contributed by atoms with Crippen LogP contribution in [-0.4, -0.2) is 33.2 Å². The van der Waals surface area contributed by atoms with Gasteiger partial charge in [-0.3, -0.25) is 14.7 Å². The molecule has 0 aromatic carbocycles. The van der Waals surface area contributed by atoms with Gasteiger partial charge >= 0.3 is 5.97 Å². The molecule has 6 heteroatoms. The highest BCUT2D eigenvalue weighted by molar-refractivity contribution is 5.79. The minimum Gasteiger partial charge on any atom is -0.481 e. The number of nitrogens with zero attached hydrogens (tertiary/aromatic N) is 1. The fourth-order valence-electron chi connectivity index (χ4n) is 1.46. The molecule has 0 aliphatic heterocycles. The summed E-state index contributed by atoms with van der Waals surface area (Å²) in [6.45, 7) is 3.76. The van der Waals surface area contributed by atoms with Crippen molar-refractivity contribution in [3.8, 4) is 0 Å². The number of H-pyrrole nitrogens is 1. The maximum Gasteiger partial charge on any atom is 0.305 e. The molecule has 0 saturated heterocycles. The zero-order valence-electron chi connectivity index (χ0n) is 9.93. The van der Waals surface area contributed by atoms with Gasteiger partial charge in [0, 0.05) is 17.9 Å². The SMILES string of the molecule is CC(C)C(CC(=O)O)NC(=O)Cc1ccn[nH]1. The lowest BCUT2D eigenvalue weighted by molar-refractivity contribution is -0.138. The topological polar surface area (TPSA) is 95.1 Å². The molecule has 1 aromatic rings. The van der Waals surface area contributed by atoms with E-state index in [4.69, 9.17) is 5.11 Å². The maximum atomic E-state index is 11.7. The predicted molar refractivity (Wildman–Crippen MR) is 61.3 cm³/mol. The van der Waals surface area contributed by atoms with E-state index in [0.717, 1.165) is 0 Å². The second-order valence-corrected chi connectivity index (χ2v) is 4.27. The lowest BCUT2D eigenvalue weighted by Gasteiger charge is -2.20. The summed E-state index contributed by atoms with van der Waals surface area (Å²) in [6, 6.07) is 1.36. The fourth-order valence-corrected chi connectivity index (χ4v) is 1.46. The van der Waals surface area contributed by atoms with Gasteiger partial charge in [-0.25, -0.2) is 0 Å². The normalized spacial score (nSPS) is 12.4.